The van der Waals surface area contributed by atoms with Gasteiger partial charge in [-0.25, -0.2) is 9.97 Å². The van der Waals surface area contributed by atoms with Crippen LogP contribution in [-0.2, 0) is 0 Å². The molecule has 16 heavy (non-hydrogen) atoms. The van der Waals surface area contributed by atoms with Crippen LogP contribution in [-0.4, -0.2) is 9.97 Å². The predicted octanol–water partition coefficient (Wildman–Crippen LogP) is 3.22. The number of nitrogens with one attached hydrogen (secondary N) is 1. The van der Waals surface area contributed by atoms with Crippen LogP contribution in [0.4, 0.5) is 17.3 Å². The van der Waals surface area contributed by atoms with Gasteiger partial charge in [0.2, 0.25) is 5.95 Å². The minimum absolute atomic E-state index is 0.470. The fourth-order valence-electron chi connectivity index (χ4n) is 1.12. The summed E-state index contributed by atoms with van der Waals surface area (Å²) in [6.07, 6.45) is 3.07. The van der Waals surface area contributed by atoms with Gasteiger partial charge in [0.25, 0.3) is 0 Å². The molecule has 4 nitrogen and oxygen atoms in total. The molecule has 0 saturated heterocycles. The molecule has 1 aromatic carbocycles. The van der Waals surface area contributed by atoms with E-state index in [1.165, 1.54) is 12.4 Å². The van der Waals surface area contributed by atoms with Gasteiger partial charge in [0, 0.05) is 0 Å². The van der Waals surface area contributed by atoms with Gasteiger partial charge in [0.15, 0.2) is 0 Å². The summed E-state index contributed by atoms with van der Waals surface area (Å²) < 4.78 is 0.775. The summed E-state index contributed by atoms with van der Waals surface area (Å²) >= 11 is 9.34. The van der Waals surface area contributed by atoms with E-state index in [0.29, 0.717) is 16.7 Å². The van der Waals surface area contributed by atoms with Gasteiger partial charge in [-0.1, -0.05) is 17.7 Å². The van der Waals surface area contributed by atoms with Crippen molar-refractivity contribution in [2.75, 3.05) is 11.1 Å². The molecule has 1 heterocycles. The quantitative estimate of drug-likeness (QED) is 0.893. The zero-order valence-electron chi connectivity index (χ0n) is 8.11. The first-order valence-corrected chi connectivity index (χ1v) is 5.62. The summed E-state index contributed by atoms with van der Waals surface area (Å²) in [5.41, 5.74) is 6.82. The van der Waals surface area contributed by atoms with Gasteiger partial charge in [0.1, 0.15) is 0 Å². The molecule has 0 unspecified atom stereocenters. The third-order valence-electron chi connectivity index (χ3n) is 1.87. The van der Waals surface area contributed by atoms with Crippen LogP contribution in [0.25, 0.3) is 0 Å². The van der Waals surface area contributed by atoms with Crippen LogP contribution in [0.5, 0.6) is 0 Å². The SMILES string of the molecule is Nc1cnc(Nc2cccc(Cl)c2Br)nc1. The zero-order valence-corrected chi connectivity index (χ0v) is 10.5. The monoisotopic (exact) mass is 298 g/mol. The third-order valence-corrected chi connectivity index (χ3v) is 3.27. The summed E-state index contributed by atoms with van der Waals surface area (Å²) in [4.78, 5) is 8.07. The smallest absolute Gasteiger partial charge is 0.227 e. The van der Waals surface area contributed by atoms with Crippen LogP contribution in [0.3, 0.4) is 0 Å². The standard InChI is InChI=1S/C10H8BrClN4/c11-9-7(12)2-1-3-8(9)16-10-14-4-6(13)5-15-10/h1-5H,13H2,(H,14,15,16). The number of hydrogen-bond donors (Lipinski definition) is 2. The van der Waals surface area contributed by atoms with E-state index in [4.69, 9.17) is 17.3 Å². The predicted molar refractivity (Wildman–Crippen MR) is 68.9 cm³/mol. The van der Waals surface area contributed by atoms with E-state index in [2.05, 4.69) is 31.2 Å². The van der Waals surface area contributed by atoms with Crippen molar-refractivity contribution in [2.24, 2.45) is 0 Å². The molecule has 1 aromatic heterocycles. The highest BCUT2D eigenvalue weighted by Crippen LogP contribution is 2.31. The Bertz CT molecular complexity index is 501. The van der Waals surface area contributed by atoms with E-state index in [1.54, 1.807) is 6.07 Å². The number of nitrogen functional groups attached to an aromatic ring is 1. The van der Waals surface area contributed by atoms with Gasteiger partial charge in [-0.3, -0.25) is 0 Å². The summed E-state index contributed by atoms with van der Waals surface area (Å²) in [6, 6.07) is 5.50. The number of rotatable bonds is 2. The van der Waals surface area contributed by atoms with Crippen LogP contribution in [0.1, 0.15) is 0 Å². The Hall–Kier alpha value is -1.33. The van der Waals surface area contributed by atoms with Gasteiger partial charge in [-0.2, -0.15) is 0 Å². The van der Waals surface area contributed by atoms with Crippen molar-refractivity contribution in [2.45, 2.75) is 0 Å². The molecule has 2 rings (SSSR count). The maximum absolute atomic E-state index is 5.96. The van der Waals surface area contributed by atoms with E-state index < -0.39 is 0 Å². The van der Waals surface area contributed by atoms with E-state index >= 15 is 0 Å². The second-order valence-corrected chi connectivity index (χ2v) is 4.27. The van der Waals surface area contributed by atoms with E-state index in [0.717, 1.165) is 10.2 Å². The molecule has 6 heteroatoms. The first-order chi connectivity index (χ1) is 7.66. The highest BCUT2D eigenvalue weighted by molar-refractivity contribution is 9.10. The van der Waals surface area contributed by atoms with Crippen molar-refractivity contribution in [1.29, 1.82) is 0 Å². The first-order valence-electron chi connectivity index (χ1n) is 4.45. The van der Waals surface area contributed by atoms with Crippen molar-refractivity contribution in [1.82, 2.24) is 9.97 Å². The second kappa shape index (κ2) is 4.67. The molecule has 0 spiro atoms. The number of nitrogens with two attached hydrogens (primary N) is 1. The Morgan fingerprint density at radius 1 is 1.25 bits per heavy atom. The average molecular weight is 300 g/mol. The lowest BCUT2D eigenvalue weighted by Gasteiger charge is -2.07. The van der Waals surface area contributed by atoms with E-state index in [9.17, 15) is 0 Å². The Morgan fingerprint density at radius 2 is 1.94 bits per heavy atom. The molecular formula is C10H8BrClN4. The molecule has 0 aliphatic carbocycles. The molecule has 0 atom stereocenters. The van der Waals surface area contributed by atoms with E-state index in [1.807, 2.05) is 12.1 Å². The molecular weight excluding hydrogens is 291 g/mol. The van der Waals surface area contributed by atoms with Crippen LogP contribution in [0, 0.1) is 0 Å². The fourth-order valence-corrected chi connectivity index (χ4v) is 1.66. The van der Waals surface area contributed by atoms with Crippen molar-refractivity contribution in [3.8, 4) is 0 Å². The summed E-state index contributed by atoms with van der Waals surface area (Å²) in [6.45, 7) is 0. The molecule has 0 aliphatic rings. The highest BCUT2D eigenvalue weighted by atomic mass is 79.9. The van der Waals surface area contributed by atoms with Crippen molar-refractivity contribution in [3.05, 3.63) is 40.1 Å². The molecule has 0 fully saturated rings. The lowest BCUT2D eigenvalue weighted by Crippen LogP contribution is -1.98. The molecule has 0 aliphatic heterocycles. The normalized spacial score (nSPS) is 10.1. The zero-order chi connectivity index (χ0) is 11.5. The number of halogens is 2. The molecule has 2 aromatic rings. The van der Waals surface area contributed by atoms with Crippen LogP contribution < -0.4 is 11.1 Å². The Kier molecular flexibility index (Phi) is 3.26. The lowest BCUT2D eigenvalue weighted by atomic mass is 10.3. The minimum atomic E-state index is 0.470. The second-order valence-electron chi connectivity index (χ2n) is 3.07. The highest BCUT2D eigenvalue weighted by Gasteiger charge is 2.04. The van der Waals surface area contributed by atoms with Crippen molar-refractivity contribution in [3.63, 3.8) is 0 Å². The first kappa shape index (κ1) is 11.2. The number of benzene rings is 1. The van der Waals surface area contributed by atoms with Gasteiger partial charge in [-0.15, -0.1) is 0 Å². The minimum Gasteiger partial charge on any atom is -0.396 e. The van der Waals surface area contributed by atoms with E-state index in [-0.39, 0.29) is 0 Å². The number of nitrogens with zero attached hydrogens (tertiary/aromatic N) is 2. The van der Waals surface area contributed by atoms with Crippen molar-refractivity contribution < 1.29 is 0 Å². The topological polar surface area (TPSA) is 63.8 Å². The maximum Gasteiger partial charge on any atom is 0.227 e. The number of aromatic nitrogens is 2. The van der Waals surface area contributed by atoms with Gasteiger partial charge in [-0.05, 0) is 28.1 Å². The van der Waals surface area contributed by atoms with Crippen LogP contribution in [0.2, 0.25) is 5.02 Å². The van der Waals surface area contributed by atoms with Gasteiger partial charge in [0.05, 0.1) is 33.3 Å². The number of anilines is 3. The van der Waals surface area contributed by atoms with Crippen LogP contribution >= 0.6 is 27.5 Å². The van der Waals surface area contributed by atoms with Crippen LogP contribution in [0.15, 0.2) is 35.1 Å². The Morgan fingerprint density at radius 3 is 2.62 bits per heavy atom. The summed E-state index contributed by atoms with van der Waals surface area (Å²) in [5, 5.41) is 3.66. The summed E-state index contributed by atoms with van der Waals surface area (Å²) in [7, 11) is 0. The molecule has 0 bridgehead atoms. The van der Waals surface area contributed by atoms with Crippen molar-refractivity contribution >= 4 is 44.9 Å². The average Bonchev–Trinajstić information content (AvgIpc) is 2.28. The Balaban J connectivity index is 2.27. The Labute approximate surface area is 106 Å². The van der Waals surface area contributed by atoms with Gasteiger partial charge >= 0.3 is 0 Å². The molecule has 0 saturated carbocycles. The molecule has 0 radical (unpaired) electrons. The summed E-state index contributed by atoms with van der Waals surface area (Å²) in [5.74, 6) is 0.470. The van der Waals surface area contributed by atoms with Gasteiger partial charge < -0.3 is 11.1 Å². The fraction of sp³-hybridized carbons (Fsp3) is 0. The molecule has 0 amide bonds. The maximum atomic E-state index is 5.96. The lowest BCUT2D eigenvalue weighted by molar-refractivity contribution is 1.17. The molecule has 82 valence electrons. The largest absolute Gasteiger partial charge is 0.396 e. The third kappa shape index (κ3) is 2.43. The molecule has 3 N–H and O–H groups in total. The number of hydrogen-bond acceptors (Lipinski definition) is 4.